The van der Waals surface area contributed by atoms with Crippen molar-refractivity contribution < 1.29 is 13.2 Å². The Morgan fingerprint density at radius 3 is 2.67 bits per heavy atom. The average Bonchev–Trinajstić information content (AvgIpc) is 2.49. The van der Waals surface area contributed by atoms with Crippen LogP contribution in [0.4, 0.5) is 0 Å². The topological polar surface area (TPSA) is 92.5 Å². The van der Waals surface area contributed by atoms with E-state index in [4.69, 9.17) is 5.73 Å². The Morgan fingerprint density at radius 2 is 2.08 bits per heavy atom. The zero-order valence-corrected chi connectivity index (χ0v) is 15.6. The van der Waals surface area contributed by atoms with E-state index >= 15 is 0 Å². The zero-order valence-electron chi connectivity index (χ0n) is 14.8. The van der Waals surface area contributed by atoms with Crippen LogP contribution in [0.15, 0.2) is 23.1 Å². The number of hydrogen-bond donors (Lipinski definition) is 2. The zero-order chi connectivity index (χ0) is 18.1. The summed E-state index contributed by atoms with van der Waals surface area (Å²) in [6.45, 7) is 9.10. The minimum Gasteiger partial charge on any atom is -0.338 e. The van der Waals surface area contributed by atoms with Crippen molar-refractivity contribution in [2.75, 3.05) is 19.6 Å². The highest BCUT2D eigenvalue weighted by Crippen LogP contribution is 2.29. The number of benzene rings is 1. The third-order valence-electron chi connectivity index (χ3n) is 4.68. The van der Waals surface area contributed by atoms with Gasteiger partial charge in [-0.15, -0.1) is 0 Å². The van der Waals surface area contributed by atoms with E-state index in [1.54, 1.807) is 17.9 Å². The van der Waals surface area contributed by atoms with Crippen molar-refractivity contribution in [3.63, 3.8) is 0 Å². The number of nitrogens with zero attached hydrogens (tertiary/aromatic N) is 1. The number of piperidine rings is 1. The summed E-state index contributed by atoms with van der Waals surface area (Å²) in [4.78, 5) is 14.8. The SMILES string of the molecule is CCNS(=O)(=O)c1ccc(C)c(C(=O)N2CCC(N)C(C)(C)C2)c1. The standard InChI is InChI=1S/C17H27N3O3S/c1-5-19-24(22,23)13-7-6-12(2)14(10-13)16(21)20-9-8-15(18)17(3,4)11-20/h6-7,10,15,19H,5,8-9,11,18H2,1-4H3. The molecule has 1 amide bonds. The van der Waals surface area contributed by atoms with Gasteiger partial charge in [-0.2, -0.15) is 0 Å². The first-order chi connectivity index (χ1) is 11.1. The van der Waals surface area contributed by atoms with Gasteiger partial charge in [0.05, 0.1) is 4.90 Å². The number of aryl methyl sites for hydroxylation is 1. The third kappa shape index (κ3) is 3.79. The smallest absolute Gasteiger partial charge is 0.254 e. The lowest BCUT2D eigenvalue weighted by atomic mass is 9.79. The van der Waals surface area contributed by atoms with Crippen LogP contribution in [0.5, 0.6) is 0 Å². The number of carbonyl (C=O) groups is 1. The summed E-state index contributed by atoms with van der Waals surface area (Å²) in [5.74, 6) is -0.138. The molecular weight excluding hydrogens is 326 g/mol. The van der Waals surface area contributed by atoms with Crippen LogP contribution in [-0.4, -0.2) is 44.9 Å². The van der Waals surface area contributed by atoms with Gasteiger partial charge in [-0.05, 0) is 36.5 Å². The molecule has 1 aliphatic heterocycles. The van der Waals surface area contributed by atoms with Crippen molar-refractivity contribution in [1.82, 2.24) is 9.62 Å². The number of nitrogens with two attached hydrogens (primary N) is 1. The molecule has 1 aromatic rings. The van der Waals surface area contributed by atoms with E-state index < -0.39 is 10.0 Å². The van der Waals surface area contributed by atoms with Crippen molar-refractivity contribution in [1.29, 1.82) is 0 Å². The maximum atomic E-state index is 12.9. The van der Waals surface area contributed by atoms with Gasteiger partial charge in [0.15, 0.2) is 0 Å². The summed E-state index contributed by atoms with van der Waals surface area (Å²) >= 11 is 0. The second-order valence-electron chi connectivity index (χ2n) is 7.09. The fourth-order valence-electron chi connectivity index (χ4n) is 2.99. The number of amides is 1. The van der Waals surface area contributed by atoms with Crippen LogP contribution in [-0.2, 0) is 10.0 Å². The first-order valence-corrected chi connectivity index (χ1v) is 9.72. The van der Waals surface area contributed by atoms with Crippen LogP contribution in [0.2, 0.25) is 0 Å². The fourth-order valence-corrected chi connectivity index (χ4v) is 4.06. The van der Waals surface area contributed by atoms with Crippen LogP contribution < -0.4 is 10.5 Å². The normalized spacial score (nSPS) is 20.9. The number of sulfonamides is 1. The van der Waals surface area contributed by atoms with E-state index in [0.717, 1.165) is 12.0 Å². The first kappa shape index (κ1) is 18.9. The van der Waals surface area contributed by atoms with Crippen LogP contribution in [0, 0.1) is 12.3 Å². The lowest BCUT2D eigenvalue weighted by Gasteiger charge is -2.42. The molecule has 1 fully saturated rings. The second-order valence-corrected chi connectivity index (χ2v) is 8.86. The molecule has 0 aromatic heterocycles. The van der Waals surface area contributed by atoms with E-state index in [0.29, 0.717) is 25.2 Å². The molecule has 1 saturated heterocycles. The number of hydrogen-bond acceptors (Lipinski definition) is 4. The maximum absolute atomic E-state index is 12.9. The van der Waals surface area contributed by atoms with Crippen molar-refractivity contribution in [3.05, 3.63) is 29.3 Å². The average molecular weight is 353 g/mol. The molecule has 1 atom stereocenters. The molecular formula is C17H27N3O3S. The van der Waals surface area contributed by atoms with E-state index in [-0.39, 0.29) is 22.3 Å². The van der Waals surface area contributed by atoms with E-state index in [2.05, 4.69) is 18.6 Å². The molecule has 0 bridgehead atoms. The summed E-state index contributed by atoms with van der Waals surface area (Å²) in [5.41, 5.74) is 7.17. The van der Waals surface area contributed by atoms with Crippen molar-refractivity contribution >= 4 is 15.9 Å². The molecule has 134 valence electrons. The summed E-state index contributed by atoms with van der Waals surface area (Å²) in [6.07, 6.45) is 0.743. The molecule has 1 unspecified atom stereocenters. The van der Waals surface area contributed by atoms with Gasteiger partial charge < -0.3 is 10.6 Å². The van der Waals surface area contributed by atoms with Crippen LogP contribution in [0.25, 0.3) is 0 Å². The minimum absolute atomic E-state index is 0.0584. The summed E-state index contributed by atoms with van der Waals surface area (Å²) in [6, 6.07) is 4.73. The summed E-state index contributed by atoms with van der Waals surface area (Å²) in [7, 11) is -3.59. The molecule has 0 saturated carbocycles. The van der Waals surface area contributed by atoms with Crippen LogP contribution in [0.1, 0.15) is 43.1 Å². The summed E-state index contributed by atoms with van der Waals surface area (Å²) < 4.78 is 26.8. The molecule has 1 aliphatic rings. The molecule has 0 spiro atoms. The Bertz CT molecular complexity index is 729. The summed E-state index contributed by atoms with van der Waals surface area (Å²) in [5, 5.41) is 0. The van der Waals surface area contributed by atoms with Gasteiger partial charge in [-0.1, -0.05) is 26.8 Å². The lowest BCUT2D eigenvalue weighted by molar-refractivity contribution is 0.0532. The van der Waals surface area contributed by atoms with Crippen molar-refractivity contribution in [2.24, 2.45) is 11.1 Å². The van der Waals surface area contributed by atoms with Crippen LogP contribution in [0.3, 0.4) is 0 Å². The third-order valence-corrected chi connectivity index (χ3v) is 6.23. The number of carbonyl (C=O) groups excluding carboxylic acids is 1. The first-order valence-electron chi connectivity index (χ1n) is 8.23. The van der Waals surface area contributed by atoms with Gasteiger partial charge in [-0.25, -0.2) is 13.1 Å². The molecule has 0 radical (unpaired) electrons. The fraction of sp³-hybridized carbons (Fsp3) is 0.588. The molecule has 1 aromatic carbocycles. The minimum atomic E-state index is -3.59. The van der Waals surface area contributed by atoms with Gasteiger partial charge in [-0.3, -0.25) is 4.79 Å². The number of likely N-dealkylation sites (tertiary alicyclic amines) is 1. The molecule has 6 nitrogen and oxygen atoms in total. The largest absolute Gasteiger partial charge is 0.338 e. The van der Waals surface area contributed by atoms with Crippen LogP contribution >= 0.6 is 0 Å². The molecule has 24 heavy (non-hydrogen) atoms. The number of nitrogens with one attached hydrogen (secondary N) is 1. The van der Waals surface area contributed by atoms with Gasteiger partial charge in [0, 0.05) is 31.2 Å². The predicted molar refractivity (Wildman–Crippen MR) is 94.3 cm³/mol. The van der Waals surface area contributed by atoms with Gasteiger partial charge >= 0.3 is 0 Å². The highest BCUT2D eigenvalue weighted by molar-refractivity contribution is 7.89. The second kappa shape index (κ2) is 6.82. The Balaban J connectivity index is 2.33. The van der Waals surface area contributed by atoms with Crippen molar-refractivity contribution in [3.8, 4) is 0 Å². The van der Waals surface area contributed by atoms with Gasteiger partial charge in [0.2, 0.25) is 10.0 Å². The number of rotatable bonds is 4. The Kier molecular flexibility index (Phi) is 5.37. The van der Waals surface area contributed by atoms with Crippen molar-refractivity contribution in [2.45, 2.75) is 45.1 Å². The molecule has 1 heterocycles. The van der Waals surface area contributed by atoms with E-state index in [9.17, 15) is 13.2 Å². The van der Waals surface area contributed by atoms with E-state index in [1.165, 1.54) is 12.1 Å². The maximum Gasteiger partial charge on any atom is 0.254 e. The Morgan fingerprint density at radius 1 is 1.42 bits per heavy atom. The Hall–Kier alpha value is -1.44. The van der Waals surface area contributed by atoms with Gasteiger partial charge in [0.1, 0.15) is 0 Å². The van der Waals surface area contributed by atoms with Gasteiger partial charge in [0.25, 0.3) is 5.91 Å². The Labute approximate surface area is 144 Å². The lowest BCUT2D eigenvalue weighted by Crippen LogP contribution is -2.54. The quantitative estimate of drug-likeness (QED) is 0.858. The highest BCUT2D eigenvalue weighted by Gasteiger charge is 2.36. The molecule has 2 rings (SSSR count). The molecule has 7 heteroatoms. The highest BCUT2D eigenvalue weighted by atomic mass is 32.2. The monoisotopic (exact) mass is 353 g/mol. The molecule has 3 N–H and O–H groups in total. The predicted octanol–water partition coefficient (Wildman–Crippen LogP) is 1.49. The van der Waals surface area contributed by atoms with E-state index in [1.807, 2.05) is 6.92 Å². The molecule has 0 aliphatic carbocycles.